The summed E-state index contributed by atoms with van der Waals surface area (Å²) in [5.41, 5.74) is 8.57. The van der Waals surface area contributed by atoms with E-state index in [1.54, 1.807) is 12.5 Å². The second-order valence-electron chi connectivity index (χ2n) is 10.8. The van der Waals surface area contributed by atoms with Crippen LogP contribution in [0, 0.1) is 12.1 Å². The van der Waals surface area contributed by atoms with Crippen LogP contribution in [0.4, 0.5) is 0 Å². The summed E-state index contributed by atoms with van der Waals surface area (Å²) in [5, 5.41) is 2.17. The number of para-hydroxylation sites is 1. The van der Waals surface area contributed by atoms with Gasteiger partial charge in [-0.25, -0.2) is 4.98 Å². The van der Waals surface area contributed by atoms with Crippen molar-refractivity contribution in [2.45, 2.75) is 26.2 Å². The molecule has 0 aliphatic heterocycles. The van der Waals surface area contributed by atoms with Gasteiger partial charge in [0.2, 0.25) is 0 Å². The van der Waals surface area contributed by atoms with Crippen molar-refractivity contribution in [3.05, 3.63) is 140 Å². The first-order valence-corrected chi connectivity index (χ1v) is 13.6. The van der Waals surface area contributed by atoms with Gasteiger partial charge in [-0.1, -0.05) is 98.5 Å². The Bertz CT molecular complexity index is 1870. The van der Waals surface area contributed by atoms with Crippen molar-refractivity contribution in [1.29, 1.82) is 0 Å². The molecule has 0 aliphatic rings. The van der Waals surface area contributed by atoms with E-state index in [2.05, 4.69) is 84.3 Å². The molecule has 5 heteroatoms. The normalized spacial score (nSPS) is 11.0. The fourth-order valence-electron chi connectivity index (χ4n) is 4.78. The molecule has 4 aromatic carbocycles. The van der Waals surface area contributed by atoms with Crippen molar-refractivity contribution in [3.63, 3.8) is 0 Å². The van der Waals surface area contributed by atoms with Gasteiger partial charge in [-0.05, 0) is 23.0 Å². The first kappa shape index (κ1) is 29.1. The zero-order valence-corrected chi connectivity index (χ0v) is 26.0. The summed E-state index contributed by atoms with van der Waals surface area (Å²) >= 11 is 0. The van der Waals surface area contributed by atoms with Gasteiger partial charge in [-0.3, -0.25) is 4.98 Å². The summed E-state index contributed by atoms with van der Waals surface area (Å²) in [6, 6.07) is 42.8. The van der Waals surface area contributed by atoms with Gasteiger partial charge >= 0.3 is 0 Å². The molecule has 0 spiro atoms. The van der Waals surface area contributed by atoms with E-state index in [4.69, 9.17) is 4.42 Å². The molecule has 3 aromatic heterocycles. The van der Waals surface area contributed by atoms with E-state index in [-0.39, 0.29) is 25.5 Å². The third-order valence-corrected chi connectivity index (χ3v) is 6.89. The van der Waals surface area contributed by atoms with Crippen LogP contribution in [0.2, 0.25) is 0 Å². The maximum absolute atomic E-state index is 6.46. The van der Waals surface area contributed by atoms with E-state index in [9.17, 15) is 0 Å². The van der Waals surface area contributed by atoms with Crippen molar-refractivity contribution in [2.24, 2.45) is 0 Å². The molecule has 0 amide bonds. The van der Waals surface area contributed by atoms with E-state index in [1.165, 1.54) is 0 Å². The van der Waals surface area contributed by atoms with Crippen LogP contribution in [0.5, 0.6) is 0 Å². The fourth-order valence-corrected chi connectivity index (χ4v) is 4.78. The number of benzene rings is 4. The van der Waals surface area contributed by atoms with Gasteiger partial charge in [0.15, 0.2) is 0 Å². The SMILES string of the molecule is CC(C)(C)c1cc(-c2[c-]ccc3c2oc2c(-c4ccccc4)cccc23)ncn1.[Ir].[c-]1ccccc1-c1ccccn1. The van der Waals surface area contributed by atoms with Crippen LogP contribution in [-0.2, 0) is 25.5 Å². The first-order valence-electron chi connectivity index (χ1n) is 13.6. The molecule has 0 saturated carbocycles. The van der Waals surface area contributed by atoms with Gasteiger partial charge in [0.05, 0.1) is 5.58 Å². The number of fused-ring (bicyclic) bond motifs is 3. The summed E-state index contributed by atoms with van der Waals surface area (Å²) in [7, 11) is 0. The molecule has 0 atom stereocenters. The van der Waals surface area contributed by atoms with Gasteiger partial charge in [0.25, 0.3) is 0 Å². The molecule has 42 heavy (non-hydrogen) atoms. The number of pyridine rings is 1. The monoisotopic (exact) mass is 724 g/mol. The Morgan fingerprint density at radius 3 is 2.17 bits per heavy atom. The van der Waals surface area contributed by atoms with Gasteiger partial charge in [-0.2, -0.15) is 0 Å². The zero-order chi connectivity index (χ0) is 28.2. The average Bonchev–Trinajstić information content (AvgIpc) is 3.42. The number of hydrogen-bond donors (Lipinski definition) is 0. The smallest absolute Gasteiger partial charge is 0.128 e. The third-order valence-electron chi connectivity index (χ3n) is 6.89. The number of hydrogen-bond acceptors (Lipinski definition) is 4. The predicted molar refractivity (Wildman–Crippen MR) is 166 cm³/mol. The van der Waals surface area contributed by atoms with E-state index in [1.807, 2.05) is 72.8 Å². The molecule has 0 bridgehead atoms. The van der Waals surface area contributed by atoms with Crippen LogP contribution in [0.3, 0.4) is 0 Å². The maximum atomic E-state index is 6.46. The van der Waals surface area contributed by atoms with Crippen LogP contribution in [0.25, 0.3) is 55.6 Å². The minimum atomic E-state index is -0.0556. The summed E-state index contributed by atoms with van der Waals surface area (Å²) in [6.07, 6.45) is 3.41. The summed E-state index contributed by atoms with van der Waals surface area (Å²) in [6.45, 7) is 6.45. The maximum Gasteiger partial charge on any atom is 0.128 e. The van der Waals surface area contributed by atoms with Gasteiger partial charge in [0.1, 0.15) is 11.9 Å². The Kier molecular flexibility index (Phi) is 8.72. The zero-order valence-electron chi connectivity index (χ0n) is 23.6. The Morgan fingerprint density at radius 2 is 1.43 bits per heavy atom. The van der Waals surface area contributed by atoms with Crippen molar-refractivity contribution in [1.82, 2.24) is 15.0 Å². The molecule has 0 saturated heterocycles. The standard InChI is InChI=1S/C26H21N2O.C11H8N.Ir/c1-26(2,3)23-15-22(27-16-28-23)21-14-8-13-20-19-12-7-11-18(24(19)29-25(20)21)17-9-5-4-6-10-17;1-2-6-10(7-3-1)11-8-4-5-9-12-11;/h4-13,15-16H,1-3H3;1-6,8-9H;/q2*-1;. The fraction of sp³-hybridized carbons (Fsp3) is 0.108. The molecule has 0 unspecified atom stereocenters. The van der Waals surface area contributed by atoms with E-state index in [0.29, 0.717) is 0 Å². The van der Waals surface area contributed by atoms with E-state index >= 15 is 0 Å². The Hall–Kier alpha value is -4.44. The second-order valence-corrected chi connectivity index (χ2v) is 10.8. The predicted octanol–water partition coefficient (Wildman–Crippen LogP) is 9.35. The molecule has 0 N–H and O–H groups in total. The molecular formula is C37H29IrN3O-2. The van der Waals surface area contributed by atoms with Crippen LogP contribution < -0.4 is 0 Å². The molecule has 7 aromatic rings. The summed E-state index contributed by atoms with van der Waals surface area (Å²) < 4.78 is 6.46. The Labute approximate surface area is 259 Å². The number of rotatable bonds is 3. The van der Waals surface area contributed by atoms with E-state index in [0.717, 1.165) is 61.3 Å². The molecule has 4 nitrogen and oxygen atoms in total. The van der Waals surface area contributed by atoms with Crippen LogP contribution in [0.15, 0.2) is 126 Å². The van der Waals surface area contributed by atoms with Crippen molar-refractivity contribution >= 4 is 21.9 Å². The topological polar surface area (TPSA) is 51.8 Å². The molecule has 1 radical (unpaired) electrons. The Morgan fingerprint density at radius 1 is 0.643 bits per heavy atom. The Balaban J connectivity index is 0.000000228. The van der Waals surface area contributed by atoms with Gasteiger partial charge < -0.3 is 9.40 Å². The van der Waals surface area contributed by atoms with E-state index < -0.39 is 0 Å². The molecule has 0 fully saturated rings. The molecule has 209 valence electrons. The van der Waals surface area contributed by atoms with Crippen molar-refractivity contribution in [3.8, 4) is 33.6 Å². The van der Waals surface area contributed by atoms with Crippen LogP contribution >= 0.6 is 0 Å². The van der Waals surface area contributed by atoms with Gasteiger partial charge in [0, 0.05) is 48.4 Å². The molecule has 0 aliphatic carbocycles. The molecule has 7 rings (SSSR count). The average molecular weight is 724 g/mol. The van der Waals surface area contributed by atoms with Crippen LogP contribution in [0.1, 0.15) is 26.5 Å². The van der Waals surface area contributed by atoms with Crippen molar-refractivity contribution < 1.29 is 24.5 Å². The summed E-state index contributed by atoms with van der Waals surface area (Å²) in [5.74, 6) is 0. The van der Waals surface area contributed by atoms with Gasteiger partial charge in [-0.15, -0.1) is 54.1 Å². The number of furan rings is 1. The third kappa shape index (κ3) is 6.08. The second kappa shape index (κ2) is 12.6. The first-order chi connectivity index (χ1) is 20.0. The quantitative estimate of drug-likeness (QED) is 0.171. The number of nitrogens with zero attached hydrogens (tertiary/aromatic N) is 3. The van der Waals surface area contributed by atoms with Crippen molar-refractivity contribution in [2.75, 3.05) is 0 Å². The molecule has 3 heterocycles. The molecular weight excluding hydrogens is 695 g/mol. The minimum absolute atomic E-state index is 0. The minimum Gasteiger partial charge on any atom is -0.500 e. The summed E-state index contributed by atoms with van der Waals surface area (Å²) in [4.78, 5) is 13.2. The largest absolute Gasteiger partial charge is 0.500 e. The number of aromatic nitrogens is 3. The van der Waals surface area contributed by atoms with Crippen LogP contribution in [-0.4, -0.2) is 15.0 Å².